The maximum Gasteiger partial charge on any atom is 0.289 e. The summed E-state index contributed by atoms with van der Waals surface area (Å²) in [6.45, 7) is 4.45. The van der Waals surface area contributed by atoms with E-state index in [0.717, 1.165) is 16.9 Å². The van der Waals surface area contributed by atoms with Crippen LogP contribution in [0.4, 0.5) is 0 Å². The zero-order chi connectivity index (χ0) is 19.9. The van der Waals surface area contributed by atoms with Gasteiger partial charge in [-0.3, -0.25) is 9.89 Å². The number of phenolic OH excluding ortho intramolecular Hbond substituents is 1. The molecule has 0 aliphatic carbocycles. The van der Waals surface area contributed by atoms with Crippen LogP contribution in [0.25, 0.3) is 11.3 Å². The predicted molar refractivity (Wildman–Crippen MR) is 108 cm³/mol. The van der Waals surface area contributed by atoms with Gasteiger partial charge >= 0.3 is 0 Å². The molecule has 0 saturated heterocycles. The van der Waals surface area contributed by atoms with Gasteiger partial charge in [0.2, 0.25) is 0 Å². The Morgan fingerprint density at radius 2 is 1.96 bits per heavy atom. The topological polar surface area (TPSA) is 99.6 Å². The Morgan fingerprint density at radius 3 is 2.68 bits per heavy atom. The molecule has 3 rings (SSSR count). The number of nitrogens with one attached hydrogen (secondary N) is 2. The monoisotopic (exact) mass is 378 g/mol. The van der Waals surface area contributed by atoms with Crippen molar-refractivity contribution in [3.63, 3.8) is 0 Å². The highest BCUT2D eigenvalue weighted by Gasteiger charge is 2.12. The number of carbonyl (C=O) groups is 1. The molecule has 7 nitrogen and oxygen atoms in total. The van der Waals surface area contributed by atoms with Crippen molar-refractivity contribution in [2.75, 3.05) is 6.61 Å². The number of ether oxygens (including phenoxy) is 1. The quantitative estimate of drug-likeness (QED) is 0.431. The Labute approximate surface area is 163 Å². The second kappa shape index (κ2) is 8.85. The lowest BCUT2D eigenvalue weighted by molar-refractivity contribution is 0.0950. The van der Waals surface area contributed by atoms with Gasteiger partial charge in [-0.05, 0) is 61.4 Å². The summed E-state index contributed by atoms with van der Waals surface area (Å²) in [5, 5.41) is 20.5. The van der Waals surface area contributed by atoms with Crippen LogP contribution >= 0.6 is 0 Å². The number of aromatic hydroxyl groups is 1. The molecule has 0 aliphatic heterocycles. The summed E-state index contributed by atoms with van der Waals surface area (Å²) in [7, 11) is 0. The SMILES string of the molecule is CCOc1cccc(-c2cc(C(=O)N/N=C(/CC)c3ccc(O)cc3)[nH]n2)c1. The van der Waals surface area contributed by atoms with Gasteiger partial charge in [0.05, 0.1) is 18.0 Å². The number of nitrogens with zero attached hydrogens (tertiary/aromatic N) is 2. The number of amides is 1. The van der Waals surface area contributed by atoms with Crippen LogP contribution in [0.2, 0.25) is 0 Å². The largest absolute Gasteiger partial charge is 0.508 e. The molecule has 144 valence electrons. The molecule has 0 spiro atoms. The van der Waals surface area contributed by atoms with Crippen molar-refractivity contribution in [1.82, 2.24) is 15.6 Å². The van der Waals surface area contributed by atoms with Gasteiger partial charge in [-0.2, -0.15) is 10.2 Å². The molecule has 1 amide bonds. The summed E-state index contributed by atoms with van der Waals surface area (Å²) in [4.78, 5) is 12.4. The third kappa shape index (κ3) is 4.56. The first kappa shape index (κ1) is 19.2. The minimum absolute atomic E-state index is 0.182. The van der Waals surface area contributed by atoms with Crippen molar-refractivity contribution in [1.29, 1.82) is 0 Å². The van der Waals surface area contributed by atoms with E-state index < -0.39 is 0 Å². The summed E-state index contributed by atoms with van der Waals surface area (Å²) >= 11 is 0. The lowest BCUT2D eigenvalue weighted by Crippen LogP contribution is -2.20. The number of aromatic amines is 1. The van der Waals surface area contributed by atoms with Gasteiger partial charge in [-0.15, -0.1) is 0 Å². The number of benzene rings is 2. The highest BCUT2D eigenvalue weighted by molar-refractivity contribution is 6.02. The number of carbonyl (C=O) groups excluding carboxylic acids is 1. The van der Waals surface area contributed by atoms with Crippen LogP contribution in [0.1, 0.15) is 36.3 Å². The van der Waals surface area contributed by atoms with E-state index in [1.165, 1.54) is 0 Å². The van der Waals surface area contributed by atoms with Gasteiger partial charge in [-0.25, -0.2) is 5.43 Å². The molecule has 7 heteroatoms. The smallest absolute Gasteiger partial charge is 0.289 e. The van der Waals surface area contributed by atoms with E-state index in [1.54, 1.807) is 30.3 Å². The van der Waals surface area contributed by atoms with E-state index in [2.05, 4.69) is 20.7 Å². The number of hydrazone groups is 1. The molecule has 3 aromatic rings. The molecule has 0 unspecified atom stereocenters. The summed E-state index contributed by atoms with van der Waals surface area (Å²) < 4.78 is 5.50. The van der Waals surface area contributed by atoms with Crippen LogP contribution in [0, 0.1) is 0 Å². The highest BCUT2D eigenvalue weighted by atomic mass is 16.5. The summed E-state index contributed by atoms with van der Waals surface area (Å²) in [6.07, 6.45) is 0.628. The number of H-pyrrole nitrogens is 1. The Balaban J connectivity index is 1.73. The van der Waals surface area contributed by atoms with Gasteiger partial charge in [0.25, 0.3) is 5.91 Å². The van der Waals surface area contributed by atoms with Crippen molar-refractivity contribution in [2.24, 2.45) is 5.10 Å². The van der Waals surface area contributed by atoms with Crippen LogP contribution in [-0.4, -0.2) is 33.5 Å². The van der Waals surface area contributed by atoms with Crippen molar-refractivity contribution < 1.29 is 14.6 Å². The average Bonchev–Trinajstić information content (AvgIpc) is 3.20. The standard InChI is InChI=1S/C21H22N4O3/c1-3-18(14-8-10-16(26)11-9-14)22-25-21(27)20-13-19(23-24-20)15-6-5-7-17(12-15)28-4-2/h5-13,26H,3-4H2,1-2H3,(H,23,24)(H,25,27)/b22-18-. The normalized spacial score (nSPS) is 11.3. The molecule has 2 aromatic carbocycles. The van der Waals surface area contributed by atoms with Crippen LogP contribution in [-0.2, 0) is 0 Å². The first-order valence-corrected chi connectivity index (χ1v) is 9.05. The maximum absolute atomic E-state index is 12.4. The first-order chi connectivity index (χ1) is 13.6. The third-order valence-corrected chi connectivity index (χ3v) is 4.09. The lowest BCUT2D eigenvalue weighted by atomic mass is 10.1. The number of hydrogen-bond donors (Lipinski definition) is 3. The van der Waals surface area contributed by atoms with Crippen molar-refractivity contribution >= 4 is 11.6 Å². The third-order valence-electron chi connectivity index (χ3n) is 4.09. The first-order valence-electron chi connectivity index (χ1n) is 9.05. The maximum atomic E-state index is 12.4. The van der Waals surface area contributed by atoms with Gasteiger partial charge in [-0.1, -0.05) is 19.1 Å². The van der Waals surface area contributed by atoms with Crippen molar-refractivity contribution in [2.45, 2.75) is 20.3 Å². The van der Waals surface area contributed by atoms with Crippen LogP contribution in [0.15, 0.2) is 59.7 Å². The van der Waals surface area contributed by atoms with E-state index in [-0.39, 0.29) is 11.7 Å². The van der Waals surface area contributed by atoms with Crippen molar-refractivity contribution in [3.05, 3.63) is 65.9 Å². The number of rotatable bonds is 7. The molecule has 0 radical (unpaired) electrons. The zero-order valence-corrected chi connectivity index (χ0v) is 15.8. The number of aromatic nitrogens is 2. The molecular weight excluding hydrogens is 356 g/mol. The number of hydrogen-bond acceptors (Lipinski definition) is 5. The number of phenols is 1. The van der Waals surface area contributed by atoms with E-state index in [4.69, 9.17) is 4.74 Å². The van der Waals surface area contributed by atoms with E-state index in [9.17, 15) is 9.90 Å². The molecule has 0 fully saturated rings. The van der Waals surface area contributed by atoms with Crippen LogP contribution < -0.4 is 10.2 Å². The fourth-order valence-corrected chi connectivity index (χ4v) is 2.68. The second-order valence-corrected chi connectivity index (χ2v) is 6.03. The molecule has 28 heavy (non-hydrogen) atoms. The molecule has 1 aromatic heterocycles. The Morgan fingerprint density at radius 1 is 1.18 bits per heavy atom. The van der Waals surface area contributed by atoms with Crippen molar-refractivity contribution in [3.8, 4) is 22.8 Å². The highest BCUT2D eigenvalue weighted by Crippen LogP contribution is 2.22. The van der Waals surface area contributed by atoms with Gasteiger partial charge in [0.15, 0.2) is 0 Å². The fourth-order valence-electron chi connectivity index (χ4n) is 2.68. The van der Waals surface area contributed by atoms with Gasteiger partial charge < -0.3 is 9.84 Å². The van der Waals surface area contributed by atoms with E-state index in [0.29, 0.717) is 30.1 Å². The zero-order valence-electron chi connectivity index (χ0n) is 15.8. The second-order valence-electron chi connectivity index (χ2n) is 6.03. The lowest BCUT2D eigenvalue weighted by Gasteiger charge is -2.05. The predicted octanol–water partition coefficient (Wildman–Crippen LogP) is 3.73. The minimum atomic E-state index is -0.385. The molecule has 0 aliphatic rings. The summed E-state index contributed by atoms with van der Waals surface area (Å²) in [5.41, 5.74) is 5.89. The summed E-state index contributed by atoms with van der Waals surface area (Å²) in [5.74, 6) is 0.547. The molecule has 0 bridgehead atoms. The van der Waals surface area contributed by atoms with Gasteiger partial charge in [0, 0.05) is 5.56 Å². The molecule has 0 saturated carbocycles. The Bertz CT molecular complexity index is 977. The Hall–Kier alpha value is -3.61. The van der Waals surface area contributed by atoms with Crippen LogP contribution in [0.3, 0.4) is 0 Å². The van der Waals surface area contributed by atoms with E-state index in [1.807, 2.05) is 38.1 Å². The molecule has 0 atom stereocenters. The molecule has 3 N–H and O–H groups in total. The van der Waals surface area contributed by atoms with Crippen LogP contribution in [0.5, 0.6) is 11.5 Å². The van der Waals surface area contributed by atoms with E-state index >= 15 is 0 Å². The molecular formula is C21H22N4O3. The van der Waals surface area contributed by atoms with Gasteiger partial charge in [0.1, 0.15) is 17.2 Å². The minimum Gasteiger partial charge on any atom is -0.508 e. The molecule has 1 heterocycles. The Kier molecular flexibility index (Phi) is 6.06. The average molecular weight is 378 g/mol. The fraction of sp³-hybridized carbons (Fsp3) is 0.190. The summed E-state index contributed by atoms with van der Waals surface area (Å²) in [6, 6.07) is 15.9.